The second-order valence-electron chi connectivity index (χ2n) is 4.84. The first-order valence-corrected chi connectivity index (χ1v) is 7.87. The summed E-state index contributed by atoms with van der Waals surface area (Å²) in [6.45, 7) is 0. The molecule has 6 heteroatoms. The molecule has 0 aromatic heterocycles. The number of carbonyl (C=O) groups excluding carboxylic acids is 1. The van der Waals surface area contributed by atoms with Crippen molar-refractivity contribution in [3.05, 3.63) is 39.9 Å². The monoisotopic (exact) mass is 295 g/mol. The van der Waals surface area contributed by atoms with E-state index < -0.39 is 10.9 Å². The number of nitro benzene ring substituents is 1. The Kier molecular flexibility index (Phi) is 5.00. The quantitative estimate of drug-likeness (QED) is 0.483. The first-order valence-electron chi connectivity index (χ1n) is 6.58. The smallest absolute Gasteiger partial charge is 0.338 e. The molecule has 0 radical (unpaired) electrons. The Morgan fingerprint density at radius 2 is 1.85 bits per heavy atom. The van der Waals surface area contributed by atoms with Crippen LogP contribution in [0.4, 0.5) is 5.69 Å². The fourth-order valence-corrected chi connectivity index (χ4v) is 3.07. The van der Waals surface area contributed by atoms with Crippen molar-refractivity contribution in [2.24, 2.45) is 0 Å². The van der Waals surface area contributed by atoms with Crippen molar-refractivity contribution >= 4 is 23.4 Å². The number of hydrogen-bond acceptors (Lipinski definition) is 5. The molecular formula is C14H17NO4S. The zero-order valence-electron chi connectivity index (χ0n) is 11.3. The summed E-state index contributed by atoms with van der Waals surface area (Å²) in [4.78, 5) is 22.0. The van der Waals surface area contributed by atoms with Gasteiger partial charge < -0.3 is 4.74 Å². The Balaban J connectivity index is 1.90. The van der Waals surface area contributed by atoms with Crippen molar-refractivity contribution in [2.45, 2.75) is 37.0 Å². The highest BCUT2D eigenvalue weighted by Crippen LogP contribution is 2.29. The maximum absolute atomic E-state index is 11.9. The van der Waals surface area contributed by atoms with Gasteiger partial charge >= 0.3 is 5.97 Å². The molecule has 1 saturated carbocycles. The van der Waals surface area contributed by atoms with E-state index in [1.54, 1.807) is 0 Å². The topological polar surface area (TPSA) is 69.4 Å². The predicted octanol–water partition coefficient (Wildman–Crippen LogP) is 3.43. The largest absolute Gasteiger partial charge is 0.459 e. The predicted molar refractivity (Wildman–Crippen MR) is 78.1 cm³/mol. The molecule has 0 spiro atoms. The molecular weight excluding hydrogens is 278 g/mol. The van der Waals surface area contributed by atoms with Gasteiger partial charge in [0.25, 0.3) is 5.69 Å². The van der Waals surface area contributed by atoms with Crippen molar-refractivity contribution in [3.8, 4) is 0 Å². The second kappa shape index (κ2) is 6.74. The molecule has 0 bridgehead atoms. The van der Waals surface area contributed by atoms with Gasteiger partial charge in [0.15, 0.2) is 0 Å². The lowest BCUT2D eigenvalue weighted by molar-refractivity contribution is -0.384. The first kappa shape index (κ1) is 14.8. The Hall–Kier alpha value is -1.56. The minimum absolute atomic E-state index is 0.0259. The van der Waals surface area contributed by atoms with Crippen LogP contribution in [0.1, 0.15) is 36.0 Å². The van der Waals surface area contributed by atoms with E-state index in [0.29, 0.717) is 10.8 Å². The summed E-state index contributed by atoms with van der Waals surface area (Å²) in [5.41, 5.74) is 0.338. The number of hydrogen-bond donors (Lipinski definition) is 0. The molecule has 108 valence electrons. The lowest BCUT2D eigenvalue weighted by Crippen LogP contribution is -2.25. The number of ether oxygens (including phenoxy) is 1. The third-order valence-electron chi connectivity index (χ3n) is 3.54. The summed E-state index contributed by atoms with van der Waals surface area (Å²) in [6.07, 6.45) is 6.00. The van der Waals surface area contributed by atoms with E-state index in [1.807, 2.05) is 11.8 Å². The Morgan fingerprint density at radius 3 is 2.35 bits per heavy atom. The molecule has 1 aliphatic carbocycles. The molecule has 0 amide bonds. The molecule has 2 rings (SSSR count). The lowest BCUT2D eigenvalue weighted by atomic mass is 9.97. The molecule has 0 N–H and O–H groups in total. The van der Waals surface area contributed by atoms with Gasteiger partial charge in [0, 0.05) is 17.4 Å². The molecule has 0 atom stereocenters. The zero-order valence-corrected chi connectivity index (χ0v) is 12.1. The highest BCUT2D eigenvalue weighted by Gasteiger charge is 2.23. The summed E-state index contributed by atoms with van der Waals surface area (Å²) in [7, 11) is 0. The Morgan fingerprint density at radius 1 is 1.25 bits per heavy atom. The summed E-state index contributed by atoms with van der Waals surface area (Å²) >= 11 is 1.86. The van der Waals surface area contributed by atoms with E-state index in [4.69, 9.17) is 4.74 Å². The minimum atomic E-state index is -0.487. The molecule has 1 aromatic carbocycles. The van der Waals surface area contributed by atoms with Crippen LogP contribution in [0.3, 0.4) is 0 Å². The molecule has 20 heavy (non-hydrogen) atoms. The van der Waals surface area contributed by atoms with Gasteiger partial charge in [-0.15, -0.1) is 0 Å². The van der Waals surface area contributed by atoms with E-state index in [9.17, 15) is 14.9 Å². The van der Waals surface area contributed by atoms with Gasteiger partial charge in [0.2, 0.25) is 0 Å². The highest BCUT2D eigenvalue weighted by molar-refractivity contribution is 7.99. The summed E-state index contributed by atoms with van der Waals surface area (Å²) in [5, 5.41) is 11.2. The number of nitrogens with zero attached hydrogens (tertiary/aromatic N) is 1. The maximum Gasteiger partial charge on any atom is 0.338 e. The van der Waals surface area contributed by atoms with Gasteiger partial charge in [-0.1, -0.05) is 0 Å². The van der Waals surface area contributed by atoms with E-state index >= 15 is 0 Å². The lowest BCUT2D eigenvalue weighted by Gasteiger charge is -2.27. The number of non-ortho nitro benzene ring substituents is 1. The van der Waals surface area contributed by atoms with Gasteiger partial charge in [0.05, 0.1) is 10.5 Å². The molecule has 0 saturated heterocycles. The molecule has 0 unspecified atom stereocenters. The van der Waals surface area contributed by atoms with E-state index in [0.717, 1.165) is 25.7 Å². The molecule has 0 aliphatic heterocycles. The van der Waals surface area contributed by atoms with Crippen LogP contribution in [-0.2, 0) is 4.74 Å². The molecule has 0 heterocycles. The Labute approximate surface area is 121 Å². The molecule has 1 fully saturated rings. The number of carbonyl (C=O) groups is 1. The number of nitro groups is 1. The number of rotatable bonds is 4. The summed E-state index contributed by atoms with van der Waals surface area (Å²) in [6, 6.07) is 5.52. The second-order valence-corrected chi connectivity index (χ2v) is 5.98. The average Bonchev–Trinajstić information content (AvgIpc) is 2.48. The van der Waals surface area contributed by atoms with Crippen molar-refractivity contribution in [2.75, 3.05) is 6.26 Å². The van der Waals surface area contributed by atoms with Crippen LogP contribution in [0.5, 0.6) is 0 Å². The number of esters is 1. The molecule has 5 nitrogen and oxygen atoms in total. The standard InChI is InChI=1S/C14H17NO4S/c1-20-13-8-6-12(7-9-13)19-14(16)10-2-4-11(5-3-10)15(17)18/h2-5,12-13H,6-9H2,1H3/t12-,13+. The number of benzene rings is 1. The van der Waals surface area contributed by atoms with E-state index in [-0.39, 0.29) is 11.8 Å². The van der Waals surface area contributed by atoms with Crippen LogP contribution in [0, 0.1) is 10.1 Å². The van der Waals surface area contributed by atoms with Gasteiger partial charge in [-0.2, -0.15) is 11.8 Å². The average molecular weight is 295 g/mol. The molecule has 1 aromatic rings. The van der Waals surface area contributed by atoms with Gasteiger partial charge in [-0.3, -0.25) is 10.1 Å². The first-order chi connectivity index (χ1) is 9.60. The van der Waals surface area contributed by atoms with Crippen LogP contribution >= 0.6 is 11.8 Å². The number of thioether (sulfide) groups is 1. The van der Waals surface area contributed by atoms with Gasteiger partial charge in [0.1, 0.15) is 6.10 Å². The fourth-order valence-electron chi connectivity index (χ4n) is 2.32. The maximum atomic E-state index is 11.9. The zero-order chi connectivity index (χ0) is 14.5. The van der Waals surface area contributed by atoms with Crippen LogP contribution in [0.25, 0.3) is 0 Å². The van der Waals surface area contributed by atoms with Gasteiger partial charge in [-0.25, -0.2) is 4.79 Å². The third-order valence-corrected chi connectivity index (χ3v) is 4.68. The van der Waals surface area contributed by atoms with Crippen LogP contribution in [-0.4, -0.2) is 28.5 Å². The third kappa shape index (κ3) is 3.72. The molecule has 1 aliphatic rings. The van der Waals surface area contributed by atoms with E-state index in [1.165, 1.54) is 24.3 Å². The van der Waals surface area contributed by atoms with Crippen molar-refractivity contribution < 1.29 is 14.5 Å². The fraction of sp³-hybridized carbons (Fsp3) is 0.500. The SMILES string of the molecule is CS[C@H]1CC[C@@H](OC(=O)c2ccc([N+](=O)[O-])cc2)CC1. The van der Waals surface area contributed by atoms with Gasteiger partial charge in [-0.05, 0) is 44.1 Å². The van der Waals surface area contributed by atoms with Crippen molar-refractivity contribution in [3.63, 3.8) is 0 Å². The minimum Gasteiger partial charge on any atom is -0.459 e. The van der Waals surface area contributed by atoms with E-state index in [2.05, 4.69) is 6.26 Å². The van der Waals surface area contributed by atoms with Crippen LogP contribution in [0.2, 0.25) is 0 Å². The van der Waals surface area contributed by atoms with Crippen molar-refractivity contribution in [1.82, 2.24) is 0 Å². The highest BCUT2D eigenvalue weighted by atomic mass is 32.2. The Bertz CT molecular complexity index is 480. The normalized spacial score (nSPS) is 22.2. The summed E-state index contributed by atoms with van der Waals surface area (Å²) in [5.74, 6) is -0.396. The van der Waals surface area contributed by atoms with Crippen LogP contribution < -0.4 is 0 Å². The summed E-state index contributed by atoms with van der Waals surface area (Å²) < 4.78 is 5.45. The van der Waals surface area contributed by atoms with Crippen molar-refractivity contribution in [1.29, 1.82) is 0 Å². The van der Waals surface area contributed by atoms with Crippen LogP contribution in [0.15, 0.2) is 24.3 Å².